The topological polar surface area (TPSA) is 96.2 Å². The molecule has 29 heavy (non-hydrogen) atoms. The van der Waals surface area contributed by atoms with Crippen LogP contribution in [-0.4, -0.2) is 32.6 Å². The number of rotatable bonds is 5. The molecule has 158 valence electrons. The Morgan fingerprint density at radius 3 is 2.21 bits per heavy atom. The first-order valence-corrected chi connectivity index (χ1v) is 8.72. The molecule has 1 atom stereocenters. The standard InChI is InChI=1S/C19H23F3N4O3/c1-17(2,3)16(28)25-13-7-5-6-12(10-13)24-14(27)11-18(29,19(20,21)22)15-23-8-9-26(15)4/h5-10,29H,11H2,1-4H3,(H,24,27)(H,25,28). The first-order valence-electron chi connectivity index (χ1n) is 8.72. The van der Waals surface area contributed by atoms with Gasteiger partial charge in [0.25, 0.3) is 0 Å². The Morgan fingerprint density at radius 1 is 1.14 bits per heavy atom. The molecule has 10 heteroatoms. The summed E-state index contributed by atoms with van der Waals surface area (Å²) >= 11 is 0. The van der Waals surface area contributed by atoms with Crippen molar-refractivity contribution in [1.82, 2.24) is 9.55 Å². The van der Waals surface area contributed by atoms with Gasteiger partial charge in [-0.15, -0.1) is 0 Å². The van der Waals surface area contributed by atoms with Crippen LogP contribution in [0.2, 0.25) is 0 Å². The molecule has 0 spiro atoms. The molecule has 0 aliphatic rings. The third kappa shape index (κ3) is 5.14. The van der Waals surface area contributed by atoms with Gasteiger partial charge in [0.05, 0.1) is 6.42 Å². The number of nitrogens with zero attached hydrogens (tertiary/aromatic N) is 2. The van der Waals surface area contributed by atoms with E-state index in [0.29, 0.717) is 5.69 Å². The molecule has 0 fully saturated rings. The molecule has 2 rings (SSSR count). The molecular formula is C19H23F3N4O3. The minimum atomic E-state index is -5.12. The molecule has 3 N–H and O–H groups in total. The lowest BCUT2D eigenvalue weighted by Gasteiger charge is -2.29. The smallest absolute Gasteiger partial charge is 0.374 e. The van der Waals surface area contributed by atoms with E-state index in [-0.39, 0.29) is 11.6 Å². The average Bonchev–Trinajstić information content (AvgIpc) is 2.99. The fraction of sp³-hybridized carbons (Fsp3) is 0.421. The highest BCUT2D eigenvalue weighted by Gasteiger charge is 2.58. The van der Waals surface area contributed by atoms with Crippen LogP contribution in [0, 0.1) is 5.41 Å². The van der Waals surface area contributed by atoms with Crippen LogP contribution in [0.4, 0.5) is 24.5 Å². The molecule has 2 amide bonds. The number of aliphatic hydroxyl groups is 1. The van der Waals surface area contributed by atoms with Gasteiger partial charge in [-0.1, -0.05) is 26.8 Å². The fourth-order valence-corrected chi connectivity index (χ4v) is 2.50. The van der Waals surface area contributed by atoms with E-state index < -0.39 is 35.3 Å². The number of carbonyl (C=O) groups is 2. The zero-order valence-electron chi connectivity index (χ0n) is 16.5. The Kier molecular flexibility index (Phi) is 6.07. The highest BCUT2D eigenvalue weighted by atomic mass is 19.4. The van der Waals surface area contributed by atoms with Crippen molar-refractivity contribution < 1.29 is 27.9 Å². The lowest BCUT2D eigenvalue weighted by Crippen LogP contribution is -2.46. The van der Waals surface area contributed by atoms with Gasteiger partial charge in [-0.05, 0) is 18.2 Å². The Balaban J connectivity index is 2.18. The van der Waals surface area contributed by atoms with Gasteiger partial charge >= 0.3 is 6.18 Å². The minimum absolute atomic E-state index is 0.172. The SMILES string of the molecule is Cn1ccnc1C(O)(CC(=O)Nc1cccc(NC(=O)C(C)(C)C)c1)C(F)(F)F. The summed E-state index contributed by atoms with van der Waals surface area (Å²) in [5.74, 6) is -2.01. The Morgan fingerprint density at radius 2 is 1.72 bits per heavy atom. The number of nitrogens with one attached hydrogen (secondary N) is 2. The number of aromatic nitrogens is 2. The summed E-state index contributed by atoms with van der Waals surface area (Å²) in [4.78, 5) is 27.9. The predicted molar refractivity (Wildman–Crippen MR) is 101 cm³/mol. The summed E-state index contributed by atoms with van der Waals surface area (Å²) in [7, 11) is 1.29. The molecule has 1 aromatic carbocycles. The van der Waals surface area contributed by atoms with Crippen molar-refractivity contribution in [2.24, 2.45) is 12.5 Å². The zero-order chi connectivity index (χ0) is 22.0. The van der Waals surface area contributed by atoms with Crippen molar-refractivity contribution in [3.8, 4) is 0 Å². The van der Waals surface area contributed by atoms with Crippen molar-refractivity contribution in [2.75, 3.05) is 10.6 Å². The molecule has 0 saturated heterocycles. The highest BCUT2D eigenvalue weighted by Crippen LogP contribution is 2.41. The van der Waals surface area contributed by atoms with Gasteiger partial charge in [0.15, 0.2) is 5.82 Å². The molecule has 1 aromatic heterocycles. The van der Waals surface area contributed by atoms with E-state index in [0.717, 1.165) is 10.8 Å². The number of aryl methyl sites for hydroxylation is 1. The maximum absolute atomic E-state index is 13.5. The maximum atomic E-state index is 13.5. The lowest BCUT2D eigenvalue weighted by molar-refractivity contribution is -0.270. The van der Waals surface area contributed by atoms with Gasteiger partial charge in [-0.25, -0.2) is 4.98 Å². The molecule has 7 nitrogen and oxygen atoms in total. The number of amides is 2. The Labute approximate surface area is 165 Å². The first kappa shape index (κ1) is 22.4. The number of alkyl halides is 3. The number of hydrogen-bond donors (Lipinski definition) is 3. The number of imidazole rings is 1. The van der Waals surface area contributed by atoms with Crippen LogP contribution >= 0.6 is 0 Å². The Bertz CT molecular complexity index is 903. The van der Waals surface area contributed by atoms with E-state index in [2.05, 4.69) is 15.6 Å². The minimum Gasteiger partial charge on any atom is -0.374 e. The zero-order valence-corrected chi connectivity index (χ0v) is 16.5. The van der Waals surface area contributed by atoms with Crippen LogP contribution in [0.15, 0.2) is 36.7 Å². The molecular weight excluding hydrogens is 389 g/mol. The third-order valence-electron chi connectivity index (χ3n) is 4.16. The molecule has 0 aliphatic carbocycles. The maximum Gasteiger partial charge on any atom is 0.425 e. The van der Waals surface area contributed by atoms with E-state index in [4.69, 9.17) is 0 Å². The van der Waals surface area contributed by atoms with Crippen LogP contribution in [0.25, 0.3) is 0 Å². The third-order valence-corrected chi connectivity index (χ3v) is 4.16. The summed E-state index contributed by atoms with van der Waals surface area (Å²) in [6, 6.07) is 5.98. The van der Waals surface area contributed by atoms with E-state index >= 15 is 0 Å². The second-order valence-electron chi connectivity index (χ2n) is 7.73. The van der Waals surface area contributed by atoms with Gasteiger partial charge < -0.3 is 20.3 Å². The van der Waals surface area contributed by atoms with E-state index in [1.807, 2.05) is 0 Å². The quantitative estimate of drug-likeness (QED) is 0.703. The second kappa shape index (κ2) is 7.86. The van der Waals surface area contributed by atoms with E-state index in [1.165, 1.54) is 31.4 Å². The molecule has 0 bridgehead atoms. The fourth-order valence-electron chi connectivity index (χ4n) is 2.50. The summed E-state index contributed by atoms with van der Waals surface area (Å²) < 4.78 is 41.6. The van der Waals surface area contributed by atoms with Crippen molar-refractivity contribution in [1.29, 1.82) is 0 Å². The molecule has 0 radical (unpaired) electrons. The van der Waals surface area contributed by atoms with E-state index in [9.17, 15) is 27.9 Å². The van der Waals surface area contributed by atoms with Gasteiger partial charge in [0, 0.05) is 36.2 Å². The molecule has 0 aliphatic heterocycles. The second-order valence-corrected chi connectivity index (χ2v) is 7.73. The predicted octanol–water partition coefficient (Wildman–Crippen LogP) is 3.18. The number of benzene rings is 1. The van der Waals surface area contributed by atoms with Gasteiger partial charge in [0.1, 0.15) is 0 Å². The lowest BCUT2D eigenvalue weighted by atomic mass is 9.95. The van der Waals surface area contributed by atoms with Crippen molar-refractivity contribution in [3.63, 3.8) is 0 Å². The molecule has 2 aromatic rings. The first-order chi connectivity index (χ1) is 13.2. The van der Waals surface area contributed by atoms with Gasteiger partial charge in [0.2, 0.25) is 17.4 Å². The average molecular weight is 412 g/mol. The molecule has 0 saturated carbocycles. The van der Waals surface area contributed by atoms with Crippen molar-refractivity contribution in [3.05, 3.63) is 42.5 Å². The summed E-state index contributed by atoms with van der Waals surface area (Å²) in [6.07, 6.45) is -4.05. The van der Waals surface area contributed by atoms with Crippen LogP contribution in [0.3, 0.4) is 0 Å². The number of halogens is 3. The van der Waals surface area contributed by atoms with Crippen molar-refractivity contribution in [2.45, 2.75) is 39.0 Å². The van der Waals surface area contributed by atoms with Crippen LogP contribution in [-0.2, 0) is 22.2 Å². The number of hydrogen-bond acceptors (Lipinski definition) is 4. The monoisotopic (exact) mass is 412 g/mol. The van der Waals surface area contributed by atoms with E-state index in [1.54, 1.807) is 26.8 Å². The Hall–Kier alpha value is -2.88. The van der Waals surface area contributed by atoms with Gasteiger partial charge in [-0.3, -0.25) is 9.59 Å². The molecule has 1 heterocycles. The number of anilines is 2. The normalized spacial score (nSPS) is 14.2. The van der Waals surface area contributed by atoms with Crippen LogP contribution in [0.1, 0.15) is 33.0 Å². The number of carbonyl (C=O) groups excluding carboxylic acids is 2. The highest BCUT2D eigenvalue weighted by molar-refractivity contribution is 5.96. The van der Waals surface area contributed by atoms with Crippen LogP contribution in [0.5, 0.6) is 0 Å². The van der Waals surface area contributed by atoms with Gasteiger partial charge in [-0.2, -0.15) is 13.2 Å². The van der Waals surface area contributed by atoms with Crippen LogP contribution < -0.4 is 10.6 Å². The molecule has 1 unspecified atom stereocenters. The largest absolute Gasteiger partial charge is 0.425 e. The van der Waals surface area contributed by atoms with Crippen molar-refractivity contribution >= 4 is 23.2 Å². The summed E-state index contributed by atoms with van der Waals surface area (Å²) in [5, 5.41) is 15.3. The summed E-state index contributed by atoms with van der Waals surface area (Å²) in [6.45, 7) is 5.18. The summed E-state index contributed by atoms with van der Waals surface area (Å²) in [5.41, 5.74) is -3.55.